The molecule has 4 heteroatoms. The van der Waals surface area contributed by atoms with Crippen molar-refractivity contribution in [3.63, 3.8) is 0 Å². The van der Waals surface area contributed by atoms with Crippen LogP contribution in [0.1, 0.15) is 25.1 Å². The number of hydrogen-bond acceptors (Lipinski definition) is 3. The van der Waals surface area contributed by atoms with E-state index in [2.05, 4.69) is 24.1 Å². The number of aromatic nitrogens is 1. The molecule has 1 rings (SSSR count). The third-order valence-electron chi connectivity index (χ3n) is 1.94. The summed E-state index contributed by atoms with van der Waals surface area (Å²) in [4.78, 5) is 5.29. The van der Waals surface area contributed by atoms with Crippen molar-refractivity contribution in [2.75, 3.05) is 5.88 Å². The molecule has 0 aromatic carbocycles. The maximum Gasteiger partial charge on any atom is 0.0794 e. The second kappa shape index (κ2) is 4.94. The molecule has 1 N–H and O–H groups in total. The second-order valence-electron chi connectivity index (χ2n) is 3.64. The molecule has 13 heavy (non-hydrogen) atoms. The molecule has 2 nitrogen and oxygen atoms in total. The summed E-state index contributed by atoms with van der Waals surface area (Å²) in [5, 5.41) is 3.45. The SMILES string of the molecule is CC(C)(CCCl)NCc1cncs1. The molecular weight excluding hydrogens is 204 g/mol. The van der Waals surface area contributed by atoms with Gasteiger partial charge in [0.2, 0.25) is 0 Å². The molecule has 0 atom stereocenters. The summed E-state index contributed by atoms with van der Waals surface area (Å²) in [6, 6.07) is 0. The molecular formula is C9H15ClN2S. The minimum Gasteiger partial charge on any atom is -0.307 e. The van der Waals surface area contributed by atoms with Gasteiger partial charge in [-0.2, -0.15) is 0 Å². The van der Waals surface area contributed by atoms with E-state index in [4.69, 9.17) is 11.6 Å². The lowest BCUT2D eigenvalue weighted by Gasteiger charge is -2.24. The van der Waals surface area contributed by atoms with Gasteiger partial charge < -0.3 is 5.32 Å². The van der Waals surface area contributed by atoms with Crippen molar-refractivity contribution in [1.29, 1.82) is 0 Å². The number of hydrogen-bond donors (Lipinski definition) is 1. The number of alkyl halides is 1. The van der Waals surface area contributed by atoms with Gasteiger partial charge in [-0.05, 0) is 20.3 Å². The Morgan fingerprint density at radius 2 is 2.38 bits per heavy atom. The third-order valence-corrected chi connectivity index (χ3v) is 2.91. The van der Waals surface area contributed by atoms with Crippen molar-refractivity contribution in [3.8, 4) is 0 Å². The molecule has 0 saturated heterocycles. The summed E-state index contributed by atoms with van der Waals surface area (Å²) in [7, 11) is 0. The lowest BCUT2D eigenvalue weighted by Crippen LogP contribution is -2.38. The quantitative estimate of drug-likeness (QED) is 0.769. The fourth-order valence-electron chi connectivity index (χ4n) is 0.980. The highest BCUT2D eigenvalue weighted by atomic mass is 35.5. The van der Waals surface area contributed by atoms with Crippen LogP contribution in [-0.2, 0) is 6.54 Å². The molecule has 0 amide bonds. The van der Waals surface area contributed by atoms with E-state index in [9.17, 15) is 0 Å². The Kier molecular flexibility index (Phi) is 4.16. The number of nitrogens with zero attached hydrogens (tertiary/aromatic N) is 1. The molecule has 74 valence electrons. The van der Waals surface area contributed by atoms with E-state index in [-0.39, 0.29) is 5.54 Å². The highest BCUT2D eigenvalue weighted by molar-refractivity contribution is 7.09. The summed E-state index contributed by atoms with van der Waals surface area (Å²) >= 11 is 7.37. The van der Waals surface area contributed by atoms with Crippen molar-refractivity contribution in [3.05, 3.63) is 16.6 Å². The highest BCUT2D eigenvalue weighted by Crippen LogP contribution is 2.12. The standard InChI is InChI=1S/C9H15ClN2S/c1-9(2,3-4-10)12-6-8-5-11-7-13-8/h5,7,12H,3-4,6H2,1-2H3. The second-order valence-corrected chi connectivity index (χ2v) is 4.99. The molecule has 0 radical (unpaired) electrons. The lowest BCUT2D eigenvalue weighted by atomic mass is 10.0. The van der Waals surface area contributed by atoms with E-state index in [0.29, 0.717) is 5.88 Å². The number of rotatable bonds is 5. The van der Waals surface area contributed by atoms with Crippen LogP contribution in [0.15, 0.2) is 11.7 Å². The largest absolute Gasteiger partial charge is 0.307 e. The highest BCUT2D eigenvalue weighted by Gasteiger charge is 2.15. The molecule has 0 aliphatic heterocycles. The fraction of sp³-hybridized carbons (Fsp3) is 0.667. The van der Waals surface area contributed by atoms with Crippen molar-refractivity contribution in [2.45, 2.75) is 32.4 Å². The lowest BCUT2D eigenvalue weighted by molar-refractivity contribution is 0.378. The molecule has 0 fully saturated rings. The minimum atomic E-state index is 0.117. The Bertz CT molecular complexity index is 234. The molecule has 0 spiro atoms. The third kappa shape index (κ3) is 4.07. The zero-order valence-electron chi connectivity index (χ0n) is 8.01. The topological polar surface area (TPSA) is 24.9 Å². The van der Waals surface area contributed by atoms with Gasteiger partial charge in [0.25, 0.3) is 0 Å². The van der Waals surface area contributed by atoms with E-state index in [1.807, 2.05) is 11.7 Å². The molecule has 0 aliphatic carbocycles. The van der Waals surface area contributed by atoms with Gasteiger partial charge in [-0.3, -0.25) is 4.98 Å². The first kappa shape index (κ1) is 11.0. The maximum absolute atomic E-state index is 5.70. The van der Waals surface area contributed by atoms with Gasteiger partial charge in [0, 0.05) is 29.0 Å². The number of halogens is 1. The van der Waals surface area contributed by atoms with Crippen LogP contribution in [0.25, 0.3) is 0 Å². The van der Waals surface area contributed by atoms with Gasteiger partial charge in [0.05, 0.1) is 5.51 Å². The van der Waals surface area contributed by atoms with E-state index >= 15 is 0 Å². The molecule has 0 bridgehead atoms. The molecule has 1 aromatic rings. The average Bonchev–Trinajstić information content (AvgIpc) is 2.52. The van der Waals surface area contributed by atoms with E-state index in [1.165, 1.54) is 4.88 Å². The van der Waals surface area contributed by atoms with Gasteiger partial charge >= 0.3 is 0 Å². The number of nitrogens with one attached hydrogen (secondary N) is 1. The Hall–Kier alpha value is -0.120. The van der Waals surface area contributed by atoms with Crippen molar-refractivity contribution in [2.24, 2.45) is 0 Å². The molecule has 1 aromatic heterocycles. The maximum atomic E-state index is 5.70. The predicted molar refractivity (Wildman–Crippen MR) is 58.4 cm³/mol. The first-order chi connectivity index (χ1) is 6.14. The van der Waals surface area contributed by atoms with Crippen LogP contribution in [0, 0.1) is 0 Å². The van der Waals surface area contributed by atoms with Crippen LogP contribution in [-0.4, -0.2) is 16.4 Å². The molecule has 1 heterocycles. The van der Waals surface area contributed by atoms with Gasteiger partial charge in [-0.25, -0.2) is 0 Å². The van der Waals surface area contributed by atoms with Gasteiger partial charge in [0.1, 0.15) is 0 Å². The fourth-order valence-corrected chi connectivity index (χ4v) is 1.99. The van der Waals surface area contributed by atoms with Gasteiger partial charge in [-0.15, -0.1) is 22.9 Å². The van der Waals surface area contributed by atoms with Crippen LogP contribution >= 0.6 is 22.9 Å². The van der Waals surface area contributed by atoms with E-state index in [0.717, 1.165) is 13.0 Å². The summed E-state index contributed by atoms with van der Waals surface area (Å²) in [5.74, 6) is 0.697. The first-order valence-electron chi connectivity index (χ1n) is 4.32. The van der Waals surface area contributed by atoms with Crippen molar-refractivity contribution >= 4 is 22.9 Å². The summed E-state index contributed by atoms with van der Waals surface area (Å²) in [5.41, 5.74) is 1.97. The minimum absolute atomic E-state index is 0.117. The van der Waals surface area contributed by atoms with Crippen LogP contribution in [0.3, 0.4) is 0 Å². The van der Waals surface area contributed by atoms with Crippen LogP contribution in [0.4, 0.5) is 0 Å². The van der Waals surface area contributed by atoms with Crippen LogP contribution in [0.2, 0.25) is 0 Å². The zero-order valence-corrected chi connectivity index (χ0v) is 9.58. The van der Waals surface area contributed by atoms with E-state index < -0.39 is 0 Å². The monoisotopic (exact) mass is 218 g/mol. The van der Waals surface area contributed by atoms with Crippen LogP contribution < -0.4 is 5.32 Å². The summed E-state index contributed by atoms with van der Waals surface area (Å²) < 4.78 is 0. The summed E-state index contributed by atoms with van der Waals surface area (Å²) in [6.45, 7) is 5.21. The Morgan fingerprint density at radius 3 is 2.92 bits per heavy atom. The van der Waals surface area contributed by atoms with Crippen LogP contribution in [0.5, 0.6) is 0 Å². The smallest absolute Gasteiger partial charge is 0.0794 e. The normalized spacial score (nSPS) is 11.9. The van der Waals surface area contributed by atoms with Crippen molar-refractivity contribution < 1.29 is 0 Å². The Labute approximate surface area is 88.3 Å². The van der Waals surface area contributed by atoms with E-state index in [1.54, 1.807) is 11.3 Å². The molecule has 0 aliphatic rings. The predicted octanol–water partition coefficient (Wildman–Crippen LogP) is 2.64. The number of thiazole rings is 1. The van der Waals surface area contributed by atoms with Crippen molar-refractivity contribution in [1.82, 2.24) is 10.3 Å². The Balaban J connectivity index is 2.33. The average molecular weight is 219 g/mol. The Morgan fingerprint density at radius 1 is 1.62 bits per heavy atom. The first-order valence-corrected chi connectivity index (χ1v) is 5.74. The molecule has 0 saturated carbocycles. The van der Waals surface area contributed by atoms with Gasteiger partial charge in [0.15, 0.2) is 0 Å². The van der Waals surface area contributed by atoms with Gasteiger partial charge in [-0.1, -0.05) is 0 Å². The zero-order chi connectivity index (χ0) is 9.73. The summed E-state index contributed by atoms with van der Waals surface area (Å²) in [6.07, 6.45) is 2.88. The molecule has 0 unspecified atom stereocenters.